The Hall–Kier alpha value is -2.89. The van der Waals surface area contributed by atoms with E-state index in [0.717, 1.165) is 35.5 Å². The maximum Gasteiger partial charge on any atom is 0.254 e. The smallest absolute Gasteiger partial charge is 0.254 e. The second-order valence-electron chi connectivity index (χ2n) is 6.94. The molecule has 1 aromatic carbocycles. The van der Waals surface area contributed by atoms with Crippen molar-refractivity contribution in [3.63, 3.8) is 0 Å². The molecule has 6 nitrogen and oxygen atoms in total. The van der Waals surface area contributed by atoms with Crippen LogP contribution in [0.15, 0.2) is 42.7 Å². The molecule has 0 unspecified atom stereocenters. The summed E-state index contributed by atoms with van der Waals surface area (Å²) in [6.45, 7) is 4.68. The predicted octanol–water partition coefficient (Wildman–Crippen LogP) is 3.03. The summed E-state index contributed by atoms with van der Waals surface area (Å²) < 4.78 is 3.66. The molecule has 1 aliphatic rings. The van der Waals surface area contributed by atoms with E-state index in [-0.39, 0.29) is 5.91 Å². The van der Waals surface area contributed by atoms with E-state index < -0.39 is 0 Å². The minimum atomic E-state index is 0.0733. The van der Waals surface area contributed by atoms with Crippen molar-refractivity contribution in [1.29, 1.82) is 0 Å². The van der Waals surface area contributed by atoms with E-state index >= 15 is 0 Å². The molecule has 2 aromatic heterocycles. The number of carbonyl (C=O) groups excluding carboxylic acids is 1. The first-order chi connectivity index (χ1) is 12.5. The molecule has 2 heterocycles. The largest absolute Gasteiger partial charge is 0.331 e. The monoisotopic (exact) mass is 349 g/mol. The van der Waals surface area contributed by atoms with Crippen LogP contribution in [0.3, 0.4) is 0 Å². The van der Waals surface area contributed by atoms with E-state index in [1.54, 1.807) is 10.9 Å². The van der Waals surface area contributed by atoms with Crippen molar-refractivity contribution < 1.29 is 4.79 Å². The molecule has 3 aromatic rings. The Bertz CT molecular complexity index is 937. The normalized spacial score (nSPS) is 13.8. The molecule has 0 atom stereocenters. The maximum absolute atomic E-state index is 13.3. The zero-order chi connectivity index (χ0) is 18.3. The van der Waals surface area contributed by atoms with Crippen LogP contribution in [0.5, 0.6) is 0 Å². The van der Waals surface area contributed by atoms with Crippen LogP contribution in [0.2, 0.25) is 0 Å². The molecule has 0 bridgehead atoms. The van der Waals surface area contributed by atoms with E-state index in [9.17, 15) is 4.79 Å². The molecule has 1 saturated carbocycles. The van der Waals surface area contributed by atoms with Gasteiger partial charge in [0.25, 0.3) is 5.91 Å². The lowest BCUT2D eigenvalue weighted by Crippen LogP contribution is -2.33. The first-order valence-corrected chi connectivity index (χ1v) is 8.94. The Kier molecular flexibility index (Phi) is 4.11. The number of benzene rings is 1. The predicted molar refractivity (Wildman–Crippen MR) is 99.1 cm³/mol. The minimum Gasteiger partial charge on any atom is -0.331 e. The number of hydrogen-bond acceptors (Lipinski definition) is 3. The molecule has 134 valence electrons. The van der Waals surface area contributed by atoms with Crippen molar-refractivity contribution in [2.75, 3.05) is 0 Å². The first-order valence-electron chi connectivity index (χ1n) is 8.94. The molecule has 1 aliphatic carbocycles. The van der Waals surface area contributed by atoms with E-state index in [0.29, 0.717) is 18.2 Å². The van der Waals surface area contributed by atoms with Crippen LogP contribution in [0.1, 0.15) is 40.2 Å². The average molecular weight is 349 g/mol. The lowest BCUT2D eigenvalue weighted by atomic mass is 10.1. The standard InChI is InChI=1S/C20H23N5O/c1-14-19(15(2)23(3)22-14)13-24(17-8-9-17)20(26)16-6-4-7-18(12-16)25-11-5-10-21-25/h4-7,10-12,17H,8-9,13H2,1-3H3. The summed E-state index contributed by atoms with van der Waals surface area (Å²) in [4.78, 5) is 15.3. The zero-order valence-corrected chi connectivity index (χ0v) is 15.4. The van der Waals surface area contributed by atoms with E-state index in [1.165, 1.54) is 0 Å². The fourth-order valence-electron chi connectivity index (χ4n) is 3.34. The van der Waals surface area contributed by atoms with Gasteiger partial charge in [-0.3, -0.25) is 9.48 Å². The van der Waals surface area contributed by atoms with Gasteiger partial charge in [0.2, 0.25) is 0 Å². The molecule has 26 heavy (non-hydrogen) atoms. The molecule has 0 radical (unpaired) electrons. The van der Waals surface area contributed by atoms with Gasteiger partial charge in [0.1, 0.15) is 0 Å². The number of aromatic nitrogens is 4. The zero-order valence-electron chi connectivity index (χ0n) is 15.4. The van der Waals surface area contributed by atoms with E-state index in [1.807, 2.05) is 60.1 Å². The van der Waals surface area contributed by atoms with Gasteiger partial charge in [0.05, 0.1) is 11.4 Å². The van der Waals surface area contributed by atoms with Crippen LogP contribution >= 0.6 is 0 Å². The van der Waals surface area contributed by atoms with Crippen LogP contribution in [-0.2, 0) is 13.6 Å². The number of rotatable bonds is 5. The van der Waals surface area contributed by atoms with Crippen LogP contribution in [0, 0.1) is 13.8 Å². The number of aryl methyl sites for hydroxylation is 2. The van der Waals surface area contributed by atoms with Crippen LogP contribution in [-0.4, -0.2) is 36.4 Å². The molecule has 0 N–H and O–H groups in total. The highest BCUT2D eigenvalue weighted by molar-refractivity contribution is 5.95. The summed E-state index contributed by atoms with van der Waals surface area (Å²) in [6, 6.07) is 9.87. The van der Waals surface area contributed by atoms with Gasteiger partial charge in [-0.2, -0.15) is 10.2 Å². The Labute approximate surface area is 153 Å². The third kappa shape index (κ3) is 3.03. The van der Waals surface area contributed by atoms with Gasteiger partial charge in [0.15, 0.2) is 0 Å². The highest BCUT2D eigenvalue weighted by Gasteiger charge is 2.34. The lowest BCUT2D eigenvalue weighted by molar-refractivity contribution is 0.0729. The van der Waals surface area contributed by atoms with E-state index in [4.69, 9.17) is 0 Å². The van der Waals surface area contributed by atoms with Crippen molar-refractivity contribution >= 4 is 5.91 Å². The van der Waals surface area contributed by atoms with E-state index in [2.05, 4.69) is 17.1 Å². The van der Waals surface area contributed by atoms with Gasteiger partial charge in [-0.05, 0) is 51.0 Å². The molecule has 1 amide bonds. The SMILES string of the molecule is Cc1nn(C)c(C)c1CN(C(=O)c1cccc(-n2cccn2)c1)C1CC1. The fourth-order valence-corrected chi connectivity index (χ4v) is 3.34. The third-order valence-electron chi connectivity index (χ3n) is 5.10. The number of carbonyl (C=O) groups is 1. The van der Waals surface area contributed by atoms with Crippen molar-refractivity contribution in [2.45, 2.75) is 39.3 Å². The number of hydrogen-bond donors (Lipinski definition) is 0. The van der Waals surface area contributed by atoms with Gasteiger partial charge < -0.3 is 4.90 Å². The summed E-state index contributed by atoms with van der Waals surface area (Å²) in [7, 11) is 1.95. The van der Waals surface area contributed by atoms with Crippen molar-refractivity contribution in [1.82, 2.24) is 24.5 Å². The summed E-state index contributed by atoms with van der Waals surface area (Å²) in [5.74, 6) is 0.0733. The molecule has 1 fully saturated rings. The van der Waals surface area contributed by atoms with Crippen LogP contribution in [0.25, 0.3) is 5.69 Å². The van der Waals surface area contributed by atoms with Crippen molar-refractivity contribution in [3.05, 3.63) is 65.2 Å². The molecule has 0 aliphatic heterocycles. The second-order valence-corrected chi connectivity index (χ2v) is 6.94. The van der Waals surface area contributed by atoms with Gasteiger partial charge in [-0.25, -0.2) is 4.68 Å². The van der Waals surface area contributed by atoms with Gasteiger partial charge in [-0.1, -0.05) is 6.07 Å². The maximum atomic E-state index is 13.3. The molecule has 4 rings (SSSR count). The van der Waals surface area contributed by atoms with Gasteiger partial charge in [0, 0.05) is 48.8 Å². The molecule has 0 saturated heterocycles. The fraction of sp³-hybridized carbons (Fsp3) is 0.350. The third-order valence-corrected chi connectivity index (χ3v) is 5.10. The average Bonchev–Trinajstić information content (AvgIpc) is 3.26. The highest BCUT2D eigenvalue weighted by Crippen LogP contribution is 2.31. The summed E-state index contributed by atoms with van der Waals surface area (Å²) in [5.41, 5.74) is 4.85. The molecule has 0 spiro atoms. The summed E-state index contributed by atoms with van der Waals surface area (Å²) >= 11 is 0. The van der Waals surface area contributed by atoms with Crippen LogP contribution in [0.4, 0.5) is 0 Å². The van der Waals surface area contributed by atoms with Crippen molar-refractivity contribution in [3.8, 4) is 5.69 Å². The van der Waals surface area contributed by atoms with Gasteiger partial charge >= 0.3 is 0 Å². The molecular weight excluding hydrogens is 326 g/mol. The Morgan fingerprint density at radius 3 is 2.69 bits per heavy atom. The minimum absolute atomic E-state index is 0.0733. The van der Waals surface area contributed by atoms with Crippen molar-refractivity contribution in [2.24, 2.45) is 7.05 Å². The molecular formula is C20H23N5O. The lowest BCUT2D eigenvalue weighted by Gasteiger charge is -2.23. The molecule has 6 heteroatoms. The summed E-state index contributed by atoms with van der Waals surface area (Å²) in [5, 5.41) is 8.74. The topological polar surface area (TPSA) is 56.0 Å². The Morgan fingerprint density at radius 1 is 1.27 bits per heavy atom. The Balaban J connectivity index is 1.63. The highest BCUT2D eigenvalue weighted by atomic mass is 16.2. The first kappa shape index (κ1) is 16.6. The quantitative estimate of drug-likeness (QED) is 0.711. The summed E-state index contributed by atoms with van der Waals surface area (Å²) in [6.07, 6.45) is 5.76. The van der Waals surface area contributed by atoms with Gasteiger partial charge in [-0.15, -0.1) is 0 Å². The van der Waals surface area contributed by atoms with Crippen LogP contribution < -0.4 is 0 Å². The number of amides is 1. The second kappa shape index (κ2) is 6.44. The Morgan fingerprint density at radius 2 is 2.08 bits per heavy atom. The number of nitrogens with zero attached hydrogens (tertiary/aromatic N) is 5.